The summed E-state index contributed by atoms with van der Waals surface area (Å²) in [5.74, 6) is -2.08. The van der Waals surface area contributed by atoms with Crippen LogP contribution in [0.15, 0.2) is 21.9 Å². The third-order valence-electron chi connectivity index (χ3n) is 3.40. The molecule has 1 aliphatic heterocycles. The van der Waals surface area contributed by atoms with Crippen LogP contribution in [0.2, 0.25) is 0 Å². The van der Waals surface area contributed by atoms with Crippen LogP contribution in [-0.4, -0.2) is 29.4 Å². The van der Waals surface area contributed by atoms with Gasteiger partial charge in [0.25, 0.3) is 5.92 Å². The number of halogens is 2. The summed E-state index contributed by atoms with van der Waals surface area (Å²) in [6.07, 6.45) is -0.472. The molecule has 1 saturated heterocycles. The summed E-state index contributed by atoms with van der Waals surface area (Å²) in [4.78, 5) is 16.1. The highest BCUT2D eigenvalue weighted by Crippen LogP contribution is 2.26. The Morgan fingerprint density at radius 2 is 2.41 bits per heavy atom. The lowest BCUT2D eigenvalue weighted by atomic mass is 10.2. The topological polar surface area (TPSA) is 67.2 Å². The van der Waals surface area contributed by atoms with Crippen molar-refractivity contribution in [2.24, 2.45) is 0 Å². The minimum Gasteiger partial charge on any atom is -0.458 e. The van der Waals surface area contributed by atoms with Crippen molar-refractivity contribution in [1.29, 1.82) is 0 Å². The van der Waals surface area contributed by atoms with Gasteiger partial charge in [-0.25, -0.2) is 13.8 Å². The number of aromatic nitrogens is 1. The molecule has 0 spiro atoms. The molecule has 0 aromatic carbocycles. The highest BCUT2D eigenvalue weighted by atomic mass is 32.1. The van der Waals surface area contributed by atoms with Crippen LogP contribution in [0.4, 0.5) is 8.78 Å². The van der Waals surface area contributed by atoms with Crippen LogP contribution < -0.4 is 10.6 Å². The Bertz CT molecular complexity index is 683. The van der Waals surface area contributed by atoms with Crippen molar-refractivity contribution in [2.75, 3.05) is 6.54 Å². The molecule has 1 unspecified atom stereocenters. The van der Waals surface area contributed by atoms with E-state index in [1.807, 2.05) is 12.3 Å². The number of alkyl halides is 2. The normalized spacial score (nSPS) is 20.2. The molecule has 118 valence electrons. The number of furan rings is 1. The zero-order valence-electron chi connectivity index (χ0n) is 11.9. The number of hydrogen-bond acceptors (Lipinski definition) is 5. The van der Waals surface area contributed by atoms with Gasteiger partial charge < -0.3 is 9.73 Å². The quantitative estimate of drug-likeness (QED) is 0.904. The van der Waals surface area contributed by atoms with Crippen LogP contribution in [0.3, 0.4) is 0 Å². The number of amides is 1. The van der Waals surface area contributed by atoms with Crippen molar-refractivity contribution in [3.63, 3.8) is 0 Å². The Labute approximate surface area is 129 Å². The summed E-state index contributed by atoms with van der Waals surface area (Å²) in [7, 11) is 0. The first-order chi connectivity index (χ1) is 10.4. The maximum absolute atomic E-state index is 13.0. The first-order valence-corrected chi connectivity index (χ1v) is 7.71. The van der Waals surface area contributed by atoms with Gasteiger partial charge in [-0.2, -0.15) is 0 Å². The Morgan fingerprint density at radius 3 is 3.05 bits per heavy atom. The van der Waals surface area contributed by atoms with Gasteiger partial charge in [-0.1, -0.05) is 0 Å². The van der Waals surface area contributed by atoms with Gasteiger partial charge in [-0.15, -0.1) is 11.3 Å². The highest BCUT2D eigenvalue weighted by Gasteiger charge is 2.42. The molecule has 0 saturated carbocycles. The van der Waals surface area contributed by atoms with Gasteiger partial charge >= 0.3 is 0 Å². The van der Waals surface area contributed by atoms with E-state index in [-0.39, 0.29) is 6.54 Å². The summed E-state index contributed by atoms with van der Waals surface area (Å²) in [6, 6.07) is 2.66. The molecule has 1 atom stereocenters. The van der Waals surface area contributed by atoms with E-state index in [4.69, 9.17) is 4.42 Å². The number of aryl methyl sites for hydroxylation is 1. The fourth-order valence-electron chi connectivity index (χ4n) is 2.29. The third-order valence-corrected chi connectivity index (χ3v) is 4.17. The van der Waals surface area contributed by atoms with Crippen LogP contribution in [0, 0.1) is 6.92 Å². The molecule has 5 nitrogen and oxygen atoms in total. The van der Waals surface area contributed by atoms with Gasteiger partial charge in [0, 0.05) is 11.8 Å². The summed E-state index contributed by atoms with van der Waals surface area (Å²) >= 11 is 1.52. The van der Waals surface area contributed by atoms with Gasteiger partial charge in [-0.3, -0.25) is 10.1 Å². The number of rotatable bonds is 4. The molecule has 1 amide bonds. The van der Waals surface area contributed by atoms with Crippen LogP contribution in [-0.2, 0) is 11.3 Å². The fraction of sp³-hybridized carbons (Fsp3) is 0.429. The molecular formula is C14H15F2N3O2S. The molecule has 2 aromatic rings. The fourth-order valence-corrected chi connectivity index (χ4v) is 2.89. The molecule has 2 N–H and O–H groups in total. The summed E-state index contributed by atoms with van der Waals surface area (Å²) in [5.41, 5.74) is 0.747. The first kappa shape index (κ1) is 15.1. The third kappa shape index (κ3) is 3.33. The molecule has 0 radical (unpaired) electrons. The molecule has 1 fully saturated rings. The number of nitrogens with one attached hydrogen (secondary N) is 2. The largest absolute Gasteiger partial charge is 0.458 e. The predicted molar refractivity (Wildman–Crippen MR) is 77.8 cm³/mol. The number of carbonyl (C=O) groups excluding carboxylic acids is 1. The first-order valence-electron chi connectivity index (χ1n) is 6.83. The van der Waals surface area contributed by atoms with Crippen molar-refractivity contribution in [3.05, 3.63) is 28.3 Å². The Kier molecular flexibility index (Phi) is 3.96. The van der Waals surface area contributed by atoms with Gasteiger partial charge in [0.05, 0.1) is 24.1 Å². The van der Waals surface area contributed by atoms with E-state index in [0.29, 0.717) is 11.5 Å². The average molecular weight is 327 g/mol. The molecule has 3 rings (SSSR count). The molecular weight excluding hydrogens is 312 g/mol. The van der Waals surface area contributed by atoms with Crippen molar-refractivity contribution in [2.45, 2.75) is 31.9 Å². The predicted octanol–water partition coefficient (Wildman–Crippen LogP) is 2.32. The van der Waals surface area contributed by atoms with E-state index in [1.165, 1.54) is 11.3 Å². The van der Waals surface area contributed by atoms with Crippen LogP contribution in [0.25, 0.3) is 11.5 Å². The molecule has 8 heteroatoms. The summed E-state index contributed by atoms with van der Waals surface area (Å²) in [6.45, 7) is 1.60. The second kappa shape index (κ2) is 5.77. The van der Waals surface area contributed by atoms with Crippen molar-refractivity contribution in [3.8, 4) is 11.5 Å². The Balaban J connectivity index is 1.56. The van der Waals surface area contributed by atoms with E-state index in [2.05, 4.69) is 15.6 Å². The number of nitrogens with zero attached hydrogens (tertiary/aromatic N) is 1. The standard InChI is InChI=1S/C14H15F2N3O2S/c1-8-19-11(6-22-8)12-3-2-9(21-12)5-17-13(20)10-4-14(15,16)7-18-10/h2-3,6,10,18H,4-5,7H2,1H3,(H,17,20). The highest BCUT2D eigenvalue weighted by molar-refractivity contribution is 7.09. The average Bonchev–Trinajstić information content (AvgIpc) is 3.15. The number of hydrogen-bond donors (Lipinski definition) is 2. The maximum atomic E-state index is 13.0. The van der Waals surface area contributed by atoms with Crippen molar-refractivity contribution in [1.82, 2.24) is 15.6 Å². The number of thiazole rings is 1. The lowest BCUT2D eigenvalue weighted by molar-refractivity contribution is -0.123. The lowest BCUT2D eigenvalue weighted by Gasteiger charge is -2.10. The molecule has 0 aliphatic carbocycles. The summed E-state index contributed by atoms with van der Waals surface area (Å²) < 4.78 is 31.7. The van der Waals surface area contributed by atoms with Gasteiger partial charge in [-0.05, 0) is 19.1 Å². The van der Waals surface area contributed by atoms with E-state index in [1.54, 1.807) is 12.1 Å². The van der Waals surface area contributed by atoms with Crippen LogP contribution >= 0.6 is 11.3 Å². The Morgan fingerprint density at radius 1 is 1.59 bits per heavy atom. The van der Waals surface area contributed by atoms with E-state index < -0.39 is 30.8 Å². The number of carbonyl (C=O) groups is 1. The SMILES string of the molecule is Cc1nc(-c2ccc(CNC(=O)C3CC(F)(F)CN3)o2)cs1. The summed E-state index contributed by atoms with van der Waals surface area (Å²) in [5, 5.41) is 7.95. The van der Waals surface area contributed by atoms with E-state index >= 15 is 0 Å². The lowest BCUT2D eigenvalue weighted by Crippen LogP contribution is -2.39. The van der Waals surface area contributed by atoms with Crippen molar-refractivity contribution >= 4 is 17.2 Å². The Hall–Kier alpha value is -1.80. The monoisotopic (exact) mass is 327 g/mol. The van der Waals surface area contributed by atoms with E-state index in [0.717, 1.165) is 10.7 Å². The minimum absolute atomic E-state index is 0.158. The zero-order valence-corrected chi connectivity index (χ0v) is 12.7. The molecule has 0 bridgehead atoms. The molecule has 1 aliphatic rings. The maximum Gasteiger partial charge on any atom is 0.262 e. The van der Waals surface area contributed by atoms with Crippen molar-refractivity contribution < 1.29 is 18.0 Å². The van der Waals surface area contributed by atoms with Crippen LogP contribution in [0.5, 0.6) is 0 Å². The van der Waals surface area contributed by atoms with Gasteiger partial charge in [0.15, 0.2) is 5.76 Å². The van der Waals surface area contributed by atoms with Gasteiger partial charge in [0.2, 0.25) is 5.91 Å². The molecule has 2 aromatic heterocycles. The van der Waals surface area contributed by atoms with Gasteiger partial charge in [0.1, 0.15) is 11.5 Å². The smallest absolute Gasteiger partial charge is 0.262 e. The van der Waals surface area contributed by atoms with Crippen LogP contribution in [0.1, 0.15) is 17.2 Å². The molecule has 22 heavy (non-hydrogen) atoms. The zero-order chi connectivity index (χ0) is 15.7. The second-order valence-electron chi connectivity index (χ2n) is 5.23. The second-order valence-corrected chi connectivity index (χ2v) is 6.29. The minimum atomic E-state index is -2.82. The van der Waals surface area contributed by atoms with E-state index in [9.17, 15) is 13.6 Å². The molecule has 3 heterocycles.